The van der Waals surface area contributed by atoms with E-state index in [4.69, 9.17) is 0 Å². The average molecular weight is 480 g/mol. The smallest absolute Gasteiger partial charge is 0.223 e. The van der Waals surface area contributed by atoms with Crippen LogP contribution in [0.2, 0.25) is 0 Å². The molecule has 2 heterocycles. The highest BCUT2D eigenvalue weighted by Gasteiger charge is 2.54. The Hall–Kier alpha value is -0.340. The average Bonchev–Trinajstić information content (AvgIpc) is 3.09. The third kappa shape index (κ3) is 4.10. The van der Waals surface area contributed by atoms with Gasteiger partial charge in [0.2, 0.25) is 5.91 Å². The molecule has 8 heteroatoms. The number of carbonyl (C=O) groups is 1. The lowest BCUT2D eigenvalue weighted by molar-refractivity contribution is -0.129. The number of hydrogen-bond donors (Lipinski definition) is 3. The van der Waals surface area contributed by atoms with Crippen LogP contribution in [-0.2, 0) is 4.79 Å². The molecule has 4 fully saturated rings. The van der Waals surface area contributed by atoms with Gasteiger partial charge in [-0.15, -0.1) is 0 Å². The van der Waals surface area contributed by atoms with Gasteiger partial charge in [0.15, 0.2) is 6.17 Å². The van der Waals surface area contributed by atoms with E-state index in [2.05, 4.69) is 31.9 Å². The normalized spacial score (nSPS) is 50.1. The van der Waals surface area contributed by atoms with E-state index in [1.807, 2.05) is 13.8 Å². The molecule has 0 aromatic carbocycles. The first-order valence-corrected chi connectivity index (χ1v) is 12.1. The van der Waals surface area contributed by atoms with E-state index < -0.39 is 24.6 Å². The highest BCUT2D eigenvalue weighted by atomic mass is 79.9. The van der Waals surface area contributed by atoms with Crippen molar-refractivity contribution in [3.8, 4) is 0 Å². The first kappa shape index (κ1) is 21.9. The highest BCUT2D eigenvalue weighted by molar-refractivity contribution is 9.09. The van der Waals surface area contributed by atoms with Gasteiger partial charge in [-0.3, -0.25) is 4.79 Å². The second kappa shape index (κ2) is 8.65. The van der Waals surface area contributed by atoms with Crippen LogP contribution >= 0.6 is 15.9 Å². The van der Waals surface area contributed by atoms with Crippen molar-refractivity contribution in [3.05, 3.63) is 0 Å². The third-order valence-electron chi connectivity index (χ3n) is 7.71. The molecule has 29 heavy (non-hydrogen) atoms. The van der Waals surface area contributed by atoms with Crippen molar-refractivity contribution in [2.45, 2.75) is 93.5 Å². The summed E-state index contributed by atoms with van der Waals surface area (Å²) in [5, 5.41) is 9.96. The zero-order valence-corrected chi connectivity index (χ0v) is 18.7. The standard InChI is InChI=1S/C21H33BrF3N3O/c1-9(2)27-21(29)11-3-5-14(22)19-10(11)4-6-16(28-19)13-8-26-20-12(13)7-15(23)17(24)18(20)25/h9-20,26,28H,3-8H2,1-2H3,(H,27,29). The minimum Gasteiger partial charge on any atom is -0.354 e. The monoisotopic (exact) mass is 479 g/mol. The van der Waals surface area contributed by atoms with E-state index in [0.717, 1.165) is 25.7 Å². The lowest BCUT2D eigenvalue weighted by Gasteiger charge is -2.49. The van der Waals surface area contributed by atoms with Crippen LogP contribution in [0, 0.1) is 23.7 Å². The van der Waals surface area contributed by atoms with E-state index in [1.165, 1.54) is 0 Å². The number of alkyl halides is 4. The Morgan fingerprint density at radius 2 is 1.76 bits per heavy atom. The van der Waals surface area contributed by atoms with Gasteiger partial charge in [0, 0.05) is 41.5 Å². The van der Waals surface area contributed by atoms with Gasteiger partial charge in [-0.25, -0.2) is 13.2 Å². The number of piperidine rings is 1. The number of amides is 1. The fourth-order valence-corrected chi connectivity index (χ4v) is 7.17. The van der Waals surface area contributed by atoms with Crippen LogP contribution in [0.15, 0.2) is 0 Å². The Morgan fingerprint density at radius 1 is 1.00 bits per heavy atom. The maximum Gasteiger partial charge on any atom is 0.223 e. The van der Waals surface area contributed by atoms with Crippen LogP contribution in [0.1, 0.15) is 46.0 Å². The van der Waals surface area contributed by atoms with Crippen molar-refractivity contribution in [1.82, 2.24) is 16.0 Å². The first-order chi connectivity index (χ1) is 13.8. The zero-order valence-electron chi connectivity index (χ0n) is 17.1. The molecular formula is C21H33BrF3N3O. The van der Waals surface area contributed by atoms with Crippen molar-refractivity contribution < 1.29 is 18.0 Å². The van der Waals surface area contributed by atoms with Gasteiger partial charge in [-0.2, -0.15) is 0 Å². The van der Waals surface area contributed by atoms with E-state index in [1.54, 1.807) is 0 Å². The molecule has 0 spiro atoms. The van der Waals surface area contributed by atoms with Crippen LogP contribution in [-0.4, -0.2) is 60.0 Å². The van der Waals surface area contributed by atoms with Crippen molar-refractivity contribution in [3.63, 3.8) is 0 Å². The molecule has 166 valence electrons. The van der Waals surface area contributed by atoms with Crippen molar-refractivity contribution in [2.75, 3.05) is 6.54 Å². The molecule has 2 saturated heterocycles. The summed E-state index contributed by atoms with van der Waals surface area (Å²) in [6.07, 6.45) is -1.80. The van der Waals surface area contributed by atoms with Gasteiger partial charge < -0.3 is 16.0 Å². The van der Waals surface area contributed by atoms with Crippen molar-refractivity contribution in [2.24, 2.45) is 23.7 Å². The fourth-order valence-electron chi connectivity index (χ4n) is 6.36. The van der Waals surface area contributed by atoms with Gasteiger partial charge in [0.05, 0.1) is 0 Å². The molecular weight excluding hydrogens is 447 g/mol. The number of fused-ring (bicyclic) bond motifs is 2. The minimum atomic E-state index is -2.02. The highest BCUT2D eigenvalue weighted by Crippen LogP contribution is 2.45. The Morgan fingerprint density at radius 3 is 2.48 bits per heavy atom. The van der Waals surface area contributed by atoms with Crippen LogP contribution in [0.5, 0.6) is 0 Å². The Kier molecular flexibility index (Phi) is 6.53. The fraction of sp³-hybridized carbons (Fsp3) is 0.952. The molecule has 11 unspecified atom stereocenters. The number of nitrogens with one attached hydrogen (secondary N) is 3. The maximum absolute atomic E-state index is 14.3. The summed E-state index contributed by atoms with van der Waals surface area (Å²) in [5.41, 5.74) is 0. The van der Waals surface area contributed by atoms with Gasteiger partial charge in [0.25, 0.3) is 0 Å². The summed E-state index contributed by atoms with van der Waals surface area (Å²) < 4.78 is 42.2. The number of carbonyl (C=O) groups excluding carboxylic acids is 1. The molecule has 2 aliphatic heterocycles. The number of hydrogen-bond acceptors (Lipinski definition) is 3. The summed E-state index contributed by atoms with van der Waals surface area (Å²) in [6, 6.07) is -0.149. The van der Waals surface area contributed by atoms with Crippen LogP contribution < -0.4 is 16.0 Å². The molecule has 0 radical (unpaired) electrons. The molecule has 3 N–H and O–H groups in total. The van der Waals surface area contributed by atoms with Gasteiger partial charge >= 0.3 is 0 Å². The molecule has 0 bridgehead atoms. The SMILES string of the molecule is CC(C)NC(=O)C1CCC(Br)C2NC(C3CNC4C(F)C(F)C(F)CC34)CCC12. The second-order valence-corrected chi connectivity index (χ2v) is 11.0. The molecule has 4 aliphatic rings. The molecule has 11 atom stereocenters. The van der Waals surface area contributed by atoms with E-state index >= 15 is 0 Å². The molecule has 2 saturated carbocycles. The molecule has 1 amide bonds. The molecule has 0 aromatic rings. The van der Waals surface area contributed by atoms with Gasteiger partial charge in [0.1, 0.15) is 12.3 Å². The first-order valence-electron chi connectivity index (χ1n) is 11.1. The Balaban J connectivity index is 1.45. The van der Waals surface area contributed by atoms with Crippen LogP contribution in [0.4, 0.5) is 13.2 Å². The summed E-state index contributed by atoms with van der Waals surface area (Å²) in [4.78, 5) is 13.0. The van der Waals surface area contributed by atoms with Crippen molar-refractivity contribution in [1.29, 1.82) is 0 Å². The van der Waals surface area contributed by atoms with Crippen LogP contribution in [0.25, 0.3) is 0 Å². The van der Waals surface area contributed by atoms with E-state index in [0.29, 0.717) is 6.54 Å². The lowest BCUT2D eigenvalue weighted by atomic mass is 9.67. The largest absolute Gasteiger partial charge is 0.354 e. The van der Waals surface area contributed by atoms with Crippen LogP contribution in [0.3, 0.4) is 0 Å². The molecule has 0 aromatic heterocycles. The quantitative estimate of drug-likeness (QED) is 0.545. The lowest BCUT2D eigenvalue weighted by Crippen LogP contribution is -2.61. The molecule has 4 nitrogen and oxygen atoms in total. The predicted molar refractivity (Wildman–Crippen MR) is 110 cm³/mol. The van der Waals surface area contributed by atoms with Gasteiger partial charge in [-0.05, 0) is 63.7 Å². The maximum atomic E-state index is 14.3. The summed E-state index contributed by atoms with van der Waals surface area (Å²) in [7, 11) is 0. The summed E-state index contributed by atoms with van der Waals surface area (Å²) in [5.74, 6) is 0.316. The predicted octanol–water partition coefficient (Wildman–Crippen LogP) is 3.04. The van der Waals surface area contributed by atoms with E-state index in [-0.39, 0.29) is 59.0 Å². The molecule has 4 rings (SSSR count). The molecule has 2 aliphatic carbocycles. The topological polar surface area (TPSA) is 53.2 Å². The Labute approximate surface area is 179 Å². The zero-order chi connectivity index (χ0) is 20.9. The summed E-state index contributed by atoms with van der Waals surface area (Å²) in [6.45, 7) is 4.55. The number of rotatable bonds is 3. The Bertz CT molecular complexity index is 612. The van der Waals surface area contributed by atoms with Crippen molar-refractivity contribution >= 4 is 21.8 Å². The van der Waals surface area contributed by atoms with E-state index in [9.17, 15) is 18.0 Å². The number of halogens is 4. The second-order valence-electron chi connectivity index (χ2n) is 9.81. The minimum absolute atomic E-state index is 0.00604. The summed E-state index contributed by atoms with van der Waals surface area (Å²) >= 11 is 3.81. The third-order valence-corrected chi connectivity index (χ3v) is 8.74. The van der Waals surface area contributed by atoms with Gasteiger partial charge in [-0.1, -0.05) is 15.9 Å².